The van der Waals surface area contributed by atoms with E-state index < -0.39 is 0 Å². The average Bonchev–Trinajstić information content (AvgIpc) is 3.31. The number of halogens is 2. The second kappa shape index (κ2) is 10.4. The number of rotatable bonds is 8. The van der Waals surface area contributed by atoms with Crippen molar-refractivity contribution < 1.29 is 4.39 Å². The van der Waals surface area contributed by atoms with E-state index in [0.717, 1.165) is 43.9 Å². The van der Waals surface area contributed by atoms with E-state index in [2.05, 4.69) is 21.9 Å². The molecule has 2 N–H and O–H groups in total. The van der Waals surface area contributed by atoms with Crippen LogP contribution in [0.5, 0.6) is 0 Å². The van der Waals surface area contributed by atoms with Crippen molar-refractivity contribution in [2.45, 2.75) is 31.1 Å². The van der Waals surface area contributed by atoms with Crippen LogP contribution in [0.15, 0.2) is 29.3 Å². The Morgan fingerprint density at radius 1 is 1.26 bits per heavy atom. The van der Waals surface area contributed by atoms with Crippen molar-refractivity contribution in [3.63, 3.8) is 0 Å². The number of nitrogens with zero attached hydrogens (tertiary/aromatic N) is 1. The van der Waals surface area contributed by atoms with Gasteiger partial charge in [-0.1, -0.05) is 18.2 Å². The number of aliphatic imine (C=N–C) groups is 1. The van der Waals surface area contributed by atoms with E-state index in [4.69, 9.17) is 0 Å². The fourth-order valence-electron chi connectivity index (χ4n) is 2.64. The van der Waals surface area contributed by atoms with Crippen LogP contribution in [0.4, 0.5) is 4.39 Å². The molecule has 6 heteroatoms. The van der Waals surface area contributed by atoms with Crippen molar-refractivity contribution >= 4 is 41.7 Å². The Bertz CT molecular complexity index is 506. The maximum Gasteiger partial charge on any atom is 0.191 e. The molecule has 0 bridgehead atoms. The third-order valence-electron chi connectivity index (χ3n) is 4.18. The van der Waals surface area contributed by atoms with E-state index in [9.17, 15) is 4.39 Å². The maximum atomic E-state index is 14.0. The summed E-state index contributed by atoms with van der Waals surface area (Å²) in [6.45, 7) is 1.66. The minimum Gasteiger partial charge on any atom is -0.356 e. The fourth-order valence-corrected chi connectivity index (χ4v) is 3.13. The van der Waals surface area contributed by atoms with Crippen LogP contribution >= 0.6 is 35.7 Å². The van der Waals surface area contributed by atoms with Crippen molar-refractivity contribution in [2.24, 2.45) is 4.99 Å². The van der Waals surface area contributed by atoms with Gasteiger partial charge in [0.15, 0.2) is 5.96 Å². The molecular formula is C17H27FIN3S. The molecule has 0 radical (unpaired) electrons. The first kappa shape index (κ1) is 20.5. The molecule has 0 aliphatic heterocycles. The second-order valence-electron chi connectivity index (χ2n) is 5.81. The summed E-state index contributed by atoms with van der Waals surface area (Å²) < 4.78 is 14.0. The van der Waals surface area contributed by atoms with Gasteiger partial charge in [0.2, 0.25) is 0 Å². The minimum atomic E-state index is -0.0955. The highest BCUT2D eigenvalue weighted by molar-refractivity contribution is 14.0. The third kappa shape index (κ3) is 6.14. The lowest BCUT2D eigenvalue weighted by Gasteiger charge is -2.19. The summed E-state index contributed by atoms with van der Waals surface area (Å²) in [6.07, 6.45) is 6.55. The van der Waals surface area contributed by atoms with Gasteiger partial charge in [-0.05, 0) is 49.3 Å². The molecule has 0 spiro atoms. The van der Waals surface area contributed by atoms with Crippen LogP contribution in [0.2, 0.25) is 0 Å². The molecule has 130 valence electrons. The first-order chi connectivity index (χ1) is 10.7. The minimum absolute atomic E-state index is 0. The summed E-state index contributed by atoms with van der Waals surface area (Å²) in [6, 6.07) is 7.12. The number of guanidine groups is 1. The fraction of sp³-hybridized carbons (Fsp3) is 0.588. The lowest BCUT2D eigenvalue weighted by Crippen LogP contribution is -2.41. The van der Waals surface area contributed by atoms with Crippen molar-refractivity contribution in [1.82, 2.24) is 10.6 Å². The molecule has 1 aliphatic carbocycles. The van der Waals surface area contributed by atoms with Gasteiger partial charge in [-0.25, -0.2) is 4.39 Å². The van der Waals surface area contributed by atoms with Gasteiger partial charge in [0.25, 0.3) is 0 Å². The van der Waals surface area contributed by atoms with Crippen LogP contribution < -0.4 is 10.6 Å². The molecule has 0 unspecified atom stereocenters. The lowest BCUT2D eigenvalue weighted by molar-refractivity contribution is 0.559. The Kier molecular flexibility index (Phi) is 9.27. The Labute approximate surface area is 160 Å². The van der Waals surface area contributed by atoms with Crippen molar-refractivity contribution in [3.8, 4) is 0 Å². The van der Waals surface area contributed by atoms with E-state index in [1.807, 2.05) is 23.9 Å². The monoisotopic (exact) mass is 451 g/mol. The summed E-state index contributed by atoms with van der Waals surface area (Å²) in [5, 5.41) is 6.69. The quantitative estimate of drug-likeness (QED) is 0.273. The smallest absolute Gasteiger partial charge is 0.191 e. The summed E-state index contributed by atoms with van der Waals surface area (Å²) in [5.74, 6) is 1.91. The summed E-state index contributed by atoms with van der Waals surface area (Å²) in [7, 11) is 1.78. The number of benzene rings is 1. The number of unbranched alkanes of at least 4 members (excludes halogenated alkanes) is 1. The van der Waals surface area contributed by atoms with Gasteiger partial charge in [0.05, 0.1) is 0 Å². The first-order valence-corrected chi connectivity index (χ1v) is 9.30. The van der Waals surface area contributed by atoms with E-state index in [0.29, 0.717) is 0 Å². The van der Waals surface area contributed by atoms with E-state index in [1.54, 1.807) is 19.2 Å². The van der Waals surface area contributed by atoms with Crippen molar-refractivity contribution in [3.05, 3.63) is 35.6 Å². The zero-order valence-electron chi connectivity index (χ0n) is 13.9. The van der Waals surface area contributed by atoms with Crippen molar-refractivity contribution in [2.75, 3.05) is 32.1 Å². The predicted molar refractivity (Wildman–Crippen MR) is 110 cm³/mol. The van der Waals surface area contributed by atoms with E-state index >= 15 is 0 Å². The second-order valence-corrected chi connectivity index (χ2v) is 6.80. The SMILES string of the molecule is CN=C(NCCCCSC)NCC1(c2ccccc2F)CC1.I. The molecule has 23 heavy (non-hydrogen) atoms. The summed E-state index contributed by atoms with van der Waals surface area (Å²) >= 11 is 1.88. The van der Waals surface area contributed by atoms with Crippen LogP contribution in [-0.4, -0.2) is 38.1 Å². The Morgan fingerprint density at radius 3 is 2.61 bits per heavy atom. The molecule has 1 saturated carbocycles. The van der Waals surface area contributed by atoms with Crippen LogP contribution in [0.3, 0.4) is 0 Å². The largest absolute Gasteiger partial charge is 0.356 e. The Balaban J connectivity index is 0.00000264. The number of nitrogens with one attached hydrogen (secondary N) is 2. The lowest BCUT2D eigenvalue weighted by atomic mass is 9.95. The van der Waals surface area contributed by atoms with Gasteiger partial charge in [-0.15, -0.1) is 24.0 Å². The van der Waals surface area contributed by atoms with E-state index in [1.165, 1.54) is 12.2 Å². The van der Waals surface area contributed by atoms with Gasteiger partial charge in [0, 0.05) is 25.6 Å². The predicted octanol–water partition coefficient (Wildman–Crippen LogP) is 3.78. The van der Waals surface area contributed by atoms with Crippen LogP contribution in [0, 0.1) is 5.82 Å². The van der Waals surface area contributed by atoms with Crippen molar-refractivity contribution in [1.29, 1.82) is 0 Å². The maximum absolute atomic E-state index is 14.0. The molecule has 1 aromatic rings. The number of thioether (sulfide) groups is 1. The molecule has 1 aromatic carbocycles. The van der Waals surface area contributed by atoms with Gasteiger partial charge < -0.3 is 10.6 Å². The molecule has 1 fully saturated rings. The van der Waals surface area contributed by atoms with Gasteiger partial charge >= 0.3 is 0 Å². The zero-order valence-corrected chi connectivity index (χ0v) is 17.0. The molecule has 2 rings (SSSR count). The topological polar surface area (TPSA) is 36.4 Å². The Hall–Kier alpha value is -0.500. The molecule has 0 saturated heterocycles. The molecule has 0 heterocycles. The molecule has 0 atom stereocenters. The number of hydrogen-bond acceptors (Lipinski definition) is 2. The van der Waals surface area contributed by atoms with Gasteiger partial charge in [-0.2, -0.15) is 11.8 Å². The highest BCUT2D eigenvalue weighted by Gasteiger charge is 2.45. The number of hydrogen-bond donors (Lipinski definition) is 2. The van der Waals surface area contributed by atoms with Crippen LogP contribution in [0.1, 0.15) is 31.2 Å². The highest BCUT2D eigenvalue weighted by atomic mass is 127. The molecular weight excluding hydrogens is 424 g/mol. The Morgan fingerprint density at radius 2 is 2.00 bits per heavy atom. The normalized spacial score (nSPS) is 15.7. The molecule has 1 aliphatic rings. The van der Waals surface area contributed by atoms with E-state index in [-0.39, 0.29) is 35.2 Å². The first-order valence-electron chi connectivity index (χ1n) is 7.90. The molecule has 3 nitrogen and oxygen atoms in total. The molecule has 0 amide bonds. The highest BCUT2D eigenvalue weighted by Crippen LogP contribution is 2.48. The molecule has 0 aromatic heterocycles. The third-order valence-corrected chi connectivity index (χ3v) is 4.88. The van der Waals surface area contributed by atoms with Gasteiger partial charge in [-0.3, -0.25) is 4.99 Å². The summed E-state index contributed by atoms with van der Waals surface area (Å²) in [5.41, 5.74) is 0.778. The summed E-state index contributed by atoms with van der Waals surface area (Å²) in [4.78, 5) is 4.25. The van der Waals surface area contributed by atoms with Crippen LogP contribution in [-0.2, 0) is 5.41 Å². The van der Waals surface area contributed by atoms with Gasteiger partial charge in [0.1, 0.15) is 5.82 Å². The standard InChI is InChI=1S/C17H26FN3S.HI/c1-19-16(20-11-5-6-12-22-2)21-13-17(9-10-17)14-7-3-4-8-15(14)18;/h3-4,7-8H,5-6,9-13H2,1-2H3,(H2,19,20,21);1H. The average molecular weight is 451 g/mol. The zero-order chi connectivity index (χ0) is 15.8. The van der Waals surface area contributed by atoms with Crippen LogP contribution in [0.25, 0.3) is 0 Å².